The molecule has 184 valence electrons. The summed E-state index contributed by atoms with van der Waals surface area (Å²) in [5.41, 5.74) is -0.0532. The number of amides is 1. The quantitative estimate of drug-likeness (QED) is 0.303. The van der Waals surface area contributed by atoms with Crippen molar-refractivity contribution >= 4 is 39.0 Å². The molecule has 0 aromatic heterocycles. The maximum absolute atomic E-state index is 13.0. The first kappa shape index (κ1) is 26.7. The Labute approximate surface area is 198 Å². The van der Waals surface area contributed by atoms with Crippen LogP contribution in [-0.2, 0) is 14.8 Å². The van der Waals surface area contributed by atoms with Crippen molar-refractivity contribution in [2.24, 2.45) is 0 Å². The molecule has 2 rings (SSSR count). The Kier molecular flexibility index (Phi) is 8.71. The van der Waals surface area contributed by atoms with Gasteiger partial charge in [0.15, 0.2) is 0 Å². The Bertz CT molecular complexity index is 1190. The molecular formula is C22H28N4O7S. The predicted molar refractivity (Wildman–Crippen MR) is 128 cm³/mol. The number of nitrogens with zero attached hydrogens (tertiary/aromatic N) is 3. The molecule has 0 fully saturated rings. The standard InChI is InChI=1S/C22H28N4O7S/c1-6-25(7-2)34(31,32)18-9-10-20(24(4)5)19(14-18)23-21(27)15-11-16(22(28)33-8-3)13-17(12-15)26(29)30/h9-14H,6-8H2,1-5H3,(H,23,27). The molecule has 1 amide bonds. The zero-order chi connectivity index (χ0) is 25.6. The van der Waals surface area contributed by atoms with Crippen molar-refractivity contribution in [1.82, 2.24) is 4.31 Å². The summed E-state index contributed by atoms with van der Waals surface area (Å²) in [4.78, 5) is 37.4. The lowest BCUT2D eigenvalue weighted by Gasteiger charge is -2.22. The van der Waals surface area contributed by atoms with E-state index in [0.717, 1.165) is 12.1 Å². The van der Waals surface area contributed by atoms with E-state index in [4.69, 9.17) is 4.74 Å². The number of hydrogen-bond donors (Lipinski definition) is 1. The van der Waals surface area contributed by atoms with Gasteiger partial charge in [0.05, 0.1) is 33.4 Å². The summed E-state index contributed by atoms with van der Waals surface area (Å²) in [7, 11) is -0.360. The number of nitro groups is 1. The van der Waals surface area contributed by atoms with Crippen molar-refractivity contribution in [1.29, 1.82) is 0 Å². The van der Waals surface area contributed by atoms with Gasteiger partial charge in [-0.05, 0) is 31.2 Å². The fraction of sp³-hybridized carbons (Fsp3) is 0.364. The first-order valence-electron chi connectivity index (χ1n) is 10.6. The molecule has 0 saturated carbocycles. The van der Waals surface area contributed by atoms with Crippen molar-refractivity contribution in [2.45, 2.75) is 25.7 Å². The summed E-state index contributed by atoms with van der Waals surface area (Å²) in [5.74, 6) is -1.56. The smallest absolute Gasteiger partial charge is 0.338 e. The minimum absolute atomic E-state index is 0.0108. The molecule has 0 heterocycles. The highest BCUT2D eigenvalue weighted by Crippen LogP contribution is 2.30. The van der Waals surface area contributed by atoms with E-state index in [1.54, 1.807) is 45.8 Å². The van der Waals surface area contributed by atoms with Crippen LogP contribution in [0.4, 0.5) is 17.1 Å². The Morgan fingerprint density at radius 1 is 1.03 bits per heavy atom. The zero-order valence-electron chi connectivity index (χ0n) is 19.7. The van der Waals surface area contributed by atoms with Crippen LogP contribution in [0.3, 0.4) is 0 Å². The fourth-order valence-electron chi connectivity index (χ4n) is 3.25. The van der Waals surface area contributed by atoms with Crippen LogP contribution in [0, 0.1) is 10.1 Å². The first-order valence-corrected chi connectivity index (χ1v) is 12.0. The molecule has 0 saturated heterocycles. The molecule has 0 atom stereocenters. The van der Waals surface area contributed by atoms with Gasteiger partial charge in [0.2, 0.25) is 10.0 Å². The number of sulfonamides is 1. The lowest BCUT2D eigenvalue weighted by Crippen LogP contribution is -2.30. The van der Waals surface area contributed by atoms with Crippen LogP contribution >= 0.6 is 0 Å². The number of benzene rings is 2. The largest absolute Gasteiger partial charge is 0.462 e. The molecular weight excluding hydrogens is 464 g/mol. The van der Waals surface area contributed by atoms with Crippen molar-refractivity contribution in [3.8, 4) is 0 Å². The molecule has 11 nitrogen and oxygen atoms in total. The molecule has 0 unspecified atom stereocenters. The van der Waals surface area contributed by atoms with Crippen LogP contribution in [0.1, 0.15) is 41.5 Å². The van der Waals surface area contributed by atoms with Crippen LogP contribution in [0.2, 0.25) is 0 Å². The number of anilines is 2. The van der Waals surface area contributed by atoms with E-state index in [-0.39, 0.29) is 41.4 Å². The molecule has 34 heavy (non-hydrogen) atoms. The van der Waals surface area contributed by atoms with E-state index in [0.29, 0.717) is 5.69 Å². The van der Waals surface area contributed by atoms with Gasteiger partial charge in [-0.25, -0.2) is 13.2 Å². The maximum Gasteiger partial charge on any atom is 0.338 e. The summed E-state index contributed by atoms with van der Waals surface area (Å²) in [5, 5.41) is 14.0. The number of carbonyl (C=O) groups excluding carboxylic acids is 2. The van der Waals surface area contributed by atoms with Gasteiger partial charge in [-0.3, -0.25) is 14.9 Å². The fourth-order valence-corrected chi connectivity index (χ4v) is 4.74. The summed E-state index contributed by atoms with van der Waals surface area (Å²) in [6, 6.07) is 7.59. The first-order chi connectivity index (χ1) is 16.0. The normalized spacial score (nSPS) is 11.2. The molecule has 2 aromatic rings. The number of rotatable bonds is 10. The second-order valence-electron chi connectivity index (χ2n) is 7.36. The van der Waals surface area contributed by atoms with Gasteiger partial charge in [0.1, 0.15) is 0 Å². The minimum atomic E-state index is -3.80. The number of nitrogens with one attached hydrogen (secondary N) is 1. The molecule has 0 aliphatic heterocycles. The summed E-state index contributed by atoms with van der Waals surface area (Å²) in [6.07, 6.45) is 0. The number of ether oxygens (including phenoxy) is 1. The van der Waals surface area contributed by atoms with Gasteiger partial charge in [0.25, 0.3) is 11.6 Å². The van der Waals surface area contributed by atoms with Gasteiger partial charge in [0, 0.05) is 44.9 Å². The lowest BCUT2D eigenvalue weighted by molar-refractivity contribution is -0.384. The van der Waals surface area contributed by atoms with Gasteiger partial charge < -0.3 is 15.0 Å². The Balaban J connectivity index is 2.54. The predicted octanol–water partition coefficient (Wildman–Crippen LogP) is 3.12. The van der Waals surface area contributed by atoms with E-state index in [1.807, 2.05) is 0 Å². The topological polar surface area (TPSA) is 139 Å². The monoisotopic (exact) mass is 492 g/mol. The van der Waals surface area contributed by atoms with Crippen molar-refractivity contribution < 1.29 is 27.7 Å². The average molecular weight is 493 g/mol. The zero-order valence-corrected chi connectivity index (χ0v) is 20.5. The van der Waals surface area contributed by atoms with E-state index >= 15 is 0 Å². The van der Waals surface area contributed by atoms with Crippen LogP contribution in [-0.4, -0.2) is 63.3 Å². The van der Waals surface area contributed by atoms with Crippen LogP contribution in [0.25, 0.3) is 0 Å². The SMILES string of the molecule is CCOC(=O)c1cc(C(=O)Nc2cc(S(=O)(=O)N(CC)CC)ccc2N(C)C)cc([N+](=O)[O-])c1. The van der Waals surface area contributed by atoms with Gasteiger partial charge in [-0.15, -0.1) is 0 Å². The average Bonchev–Trinajstić information content (AvgIpc) is 2.79. The molecule has 12 heteroatoms. The number of carbonyl (C=O) groups is 2. The molecule has 0 bridgehead atoms. The van der Waals surface area contributed by atoms with Crippen molar-refractivity contribution in [3.05, 3.63) is 57.6 Å². The van der Waals surface area contributed by atoms with Crippen molar-refractivity contribution in [3.63, 3.8) is 0 Å². The minimum Gasteiger partial charge on any atom is -0.462 e. The van der Waals surface area contributed by atoms with Gasteiger partial charge in [-0.2, -0.15) is 4.31 Å². The Hall–Kier alpha value is -3.51. The van der Waals surface area contributed by atoms with E-state index < -0.39 is 32.5 Å². The van der Waals surface area contributed by atoms with E-state index in [9.17, 15) is 28.1 Å². The van der Waals surface area contributed by atoms with Crippen LogP contribution < -0.4 is 10.2 Å². The number of hydrogen-bond acceptors (Lipinski definition) is 8. The lowest BCUT2D eigenvalue weighted by atomic mass is 10.1. The highest BCUT2D eigenvalue weighted by molar-refractivity contribution is 7.89. The second-order valence-corrected chi connectivity index (χ2v) is 9.30. The van der Waals surface area contributed by atoms with Crippen LogP contribution in [0.5, 0.6) is 0 Å². The Morgan fingerprint density at radius 2 is 1.65 bits per heavy atom. The van der Waals surface area contributed by atoms with Gasteiger partial charge >= 0.3 is 5.97 Å². The third-order valence-electron chi connectivity index (χ3n) is 4.94. The summed E-state index contributed by atoms with van der Waals surface area (Å²) < 4.78 is 32.1. The van der Waals surface area contributed by atoms with Crippen LogP contribution in [0.15, 0.2) is 41.3 Å². The summed E-state index contributed by atoms with van der Waals surface area (Å²) >= 11 is 0. The summed E-state index contributed by atoms with van der Waals surface area (Å²) in [6.45, 7) is 5.65. The molecule has 2 aromatic carbocycles. The molecule has 0 aliphatic carbocycles. The Morgan fingerprint density at radius 3 is 2.18 bits per heavy atom. The number of non-ortho nitro benzene ring substituents is 1. The number of esters is 1. The third kappa shape index (κ3) is 5.88. The molecule has 0 aliphatic rings. The highest BCUT2D eigenvalue weighted by Gasteiger charge is 2.24. The van der Waals surface area contributed by atoms with Crippen molar-refractivity contribution in [2.75, 3.05) is 44.0 Å². The maximum atomic E-state index is 13.0. The number of nitro benzene ring substituents is 1. The molecule has 1 N–H and O–H groups in total. The highest BCUT2D eigenvalue weighted by atomic mass is 32.2. The van der Waals surface area contributed by atoms with E-state index in [1.165, 1.54) is 22.5 Å². The third-order valence-corrected chi connectivity index (χ3v) is 6.99. The van der Waals surface area contributed by atoms with E-state index in [2.05, 4.69) is 5.32 Å². The molecule has 0 radical (unpaired) electrons. The molecule has 0 spiro atoms. The second kappa shape index (κ2) is 11.1. The van der Waals surface area contributed by atoms with Gasteiger partial charge in [-0.1, -0.05) is 13.8 Å².